The fraction of sp³-hybridized carbons (Fsp3) is 0.333. The van der Waals surface area contributed by atoms with Gasteiger partial charge >= 0.3 is 0 Å². The summed E-state index contributed by atoms with van der Waals surface area (Å²) in [6.07, 6.45) is 2.67. The second-order valence-electron chi connectivity index (χ2n) is 7.11. The minimum absolute atomic E-state index is 0.223. The van der Waals surface area contributed by atoms with Crippen LogP contribution in [0.3, 0.4) is 0 Å². The monoisotopic (exact) mass is 308 g/mol. The zero-order chi connectivity index (χ0) is 15.6. The molecule has 0 unspecified atom stereocenters. The smallest absolute Gasteiger partial charge is 0.0116 e. The van der Waals surface area contributed by atoms with E-state index in [2.05, 4.69) is 80.8 Å². The Morgan fingerprint density at radius 1 is 0.955 bits per heavy atom. The van der Waals surface area contributed by atoms with Crippen molar-refractivity contribution in [3.05, 3.63) is 71.1 Å². The predicted molar refractivity (Wildman–Crippen MR) is 98.1 cm³/mol. The number of benzene rings is 2. The molecule has 0 spiro atoms. The molecule has 1 aliphatic rings. The first-order valence-corrected chi connectivity index (χ1v) is 8.95. The first-order chi connectivity index (χ1) is 10.5. The molecule has 1 saturated carbocycles. The molecule has 0 heterocycles. The van der Waals surface area contributed by atoms with Crippen molar-refractivity contribution in [1.29, 1.82) is 0 Å². The molecule has 0 aliphatic heterocycles. The second-order valence-corrected chi connectivity index (χ2v) is 8.05. The van der Waals surface area contributed by atoms with Crippen molar-refractivity contribution in [3.63, 3.8) is 0 Å². The van der Waals surface area contributed by atoms with Crippen LogP contribution in [0.15, 0.2) is 64.9 Å². The third kappa shape index (κ3) is 3.84. The van der Waals surface area contributed by atoms with E-state index in [9.17, 15) is 0 Å². The van der Waals surface area contributed by atoms with Crippen LogP contribution in [-0.2, 0) is 5.41 Å². The van der Waals surface area contributed by atoms with Crippen molar-refractivity contribution in [2.75, 3.05) is 0 Å². The summed E-state index contributed by atoms with van der Waals surface area (Å²) < 4.78 is 0. The number of thioether (sulfide) groups is 1. The first kappa shape index (κ1) is 15.4. The van der Waals surface area contributed by atoms with Crippen LogP contribution in [0, 0.1) is 5.92 Å². The molecule has 0 saturated heterocycles. The van der Waals surface area contributed by atoms with Crippen molar-refractivity contribution in [2.24, 2.45) is 5.92 Å². The highest BCUT2D eigenvalue weighted by Crippen LogP contribution is 2.44. The molecule has 2 aromatic carbocycles. The van der Waals surface area contributed by atoms with Gasteiger partial charge in [0.2, 0.25) is 0 Å². The van der Waals surface area contributed by atoms with Gasteiger partial charge in [0.25, 0.3) is 0 Å². The Labute approximate surface area is 138 Å². The molecule has 3 rings (SSSR count). The minimum atomic E-state index is 0.223. The van der Waals surface area contributed by atoms with Crippen molar-refractivity contribution < 1.29 is 0 Å². The Balaban J connectivity index is 1.82. The molecule has 1 heteroatoms. The highest BCUT2D eigenvalue weighted by molar-refractivity contribution is 8.02. The van der Waals surface area contributed by atoms with Gasteiger partial charge in [-0.25, -0.2) is 0 Å². The Morgan fingerprint density at radius 2 is 1.59 bits per heavy atom. The summed E-state index contributed by atoms with van der Waals surface area (Å²) in [6, 6.07) is 19.8. The number of hydrogen-bond acceptors (Lipinski definition) is 1. The molecule has 0 atom stereocenters. The molecule has 0 nitrogen and oxygen atoms in total. The van der Waals surface area contributed by atoms with Crippen LogP contribution >= 0.6 is 11.8 Å². The van der Waals surface area contributed by atoms with Crippen molar-refractivity contribution in [1.82, 2.24) is 0 Å². The summed E-state index contributed by atoms with van der Waals surface area (Å²) in [5, 5.41) is 2.36. The zero-order valence-corrected chi connectivity index (χ0v) is 14.5. The van der Waals surface area contributed by atoms with Gasteiger partial charge in [-0.2, -0.15) is 0 Å². The van der Waals surface area contributed by atoms with E-state index in [1.807, 2.05) is 11.8 Å². The SMILES string of the molecule is CC(C)(C)c1ccc(/C(=C/Sc2ccccc2)C2CC2)cc1. The lowest BCUT2D eigenvalue weighted by molar-refractivity contribution is 0.590. The molecular weight excluding hydrogens is 284 g/mol. The van der Waals surface area contributed by atoms with E-state index >= 15 is 0 Å². The topological polar surface area (TPSA) is 0 Å². The molecule has 1 fully saturated rings. The van der Waals surface area contributed by atoms with E-state index in [0.29, 0.717) is 0 Å². The standard InChI is InChI=1S/C21H24S/c1-21(2,3)18-13-11-17(12-14-18)20(16-9-10-16)15-22-19-7-5-4-6-8-19/h4-8,11-16H,9-10H2,1-3H3/b20-15+. The highest BCUT2D eigenvalue weighted by atomic mass is 32.2. The van der Waals surface area contributed by atoms with Crippen LogP contribution in [-0.4, -0.2) is 0 Å². The van der Waals surface area contributed by atoms with E-state index in [0.717, 1.165) is 5.92 Å². The molecule has 0 bridgehead atoms. The van der Waals surface area contributed by atoms with E-state index < -0.39 is 0 Å². The number of allylic oxidation sites excluding steroid dienone is 1. The molecule has 114 valence electrons. The minimum Gasteiger partial charge on any atom is -0.0978 e. The maximum absolute atomic E-state index is 2.36. The van der Waals surface area contributed by atoms with Gasteiger partial charge in [-0.1, -0.05) is 75.0 Å². The normalized spacial score (nSPS) is 15.9. The van der Waals surface area contributed by atoms with Crippen molar-refractivity contribution in [2.45, 2.75) is 43.9 Å². The maximum atomic E-state index is 2.36. The molecule has 2 aromatic rings. The highest BCUT2D eigenvalue weighted by Gasteiger charge is 2.27. The van der Waals surface area contributed by atoms with Gasteiger partial charge in [0, 0.05) is 4.90 Å². The Kier molecular flexibility index (Phi) is 4.44. The fourth-order valence-electron chi connectivity index (χ4n) is 2.59. The molecule has 0 radical (unpaired) electrons. The summed E-state index contributed by atoms with van der Waals surface area (Å²) in [6.45, 7) is 6.81. The third-order valence-corrected chi connectivity index (χ3v) is 5.08. The van der Waals surface area contributed by atoms with Gasteiger partial charge < -0.3 is 0 Å². The quantitative estimate of drug-likeness (QED) is 0.579. The Bertz CT molecular complexity index is 641. The lowest BCUT2D eigenvalue weighted by atomic mass is 9.86. The van der Waals surface area contributed by atoms with Gasteiger partial charge in [0.1, 0.15) is 0 Å². The number of rotatable bonds is 4. The van der Waals surface area contributed by atoms with Crippen LogP contribution in [0.4, 0.5) is 0 Å². The summed E-state index contributed by atoms with van der Waals surface area (Å²) in [7, 11) is 0. The van der Waals surface area contributed by atoms with Gasteiger partial charge in [-0.05, 0) is 58.4 Å². The van der Waals surface area contributed by atoms with Gasteiger partial charge in [-0.3, -0.25) is 0 Å². The predicted octanol–water partition coefficient (Wildman–Crippen LogP) is 6.53. The molecule has 22 heavy (non-hydrogen) atoms. The zero-order valence-electron chi connectivity index (χ0n) is 13.7. The largest absolute Gasteiger partial charge is 0.0978 e. The van der Waals surface area contributed by atoms with Gasteiger partial charge in [0.05, 0.1) is 0 Å². The van der Waals surface area contributed by atoms with Crippen molar-refractivity contribution >= 4 is 17.3 Å². The maximum Gasteiger partial charge on any atom is 0.0116 e. The van der Waals surface area contributed by atoms with E-state index in [4.69, 9.17) is 0 Å². The van der Waals surface area contributed by atoms with E-state index in [1.165, 1.54) is 34.4 Å². The molecule has 0 aromatic heterocycles. The summed E-state index contributed by atoms with van der Waals surface area (Å²) in [4.78, 5) is 1.31. The summed E-state index contributed by atoms with van der Waals surface area (Å²) in [5.41, 5.74) is 4.52. The summed E-state index contributed by atoms with van der Waals surface area (Å²) >= 11 is 1.84. The molecule has 0 amide bonds. The van der Waals surface area contributed by atoms with Crippen molar-refractivity contribution in [3.8, 4) is 0 Å². The molecule has 1 aliphatic carbocycles. The van der Waals surface area contributed by atoms with Crippen LogP contribution in [0.2, 0.25) is 0 Å². The summed E-state index contributed by atoms with van der Waals surface area (Å²) in [5.74, 6) is 0.761. The fourth-order valence-corrected chi connectivity index (χ4v) is 3.49. The van der Waals surface area contributed by atoms with Crippen LogP contribution < -0.4 is 0 Å². The van der Waals surface area contributed by atoms with Gasteiger partial charge in [-0.15, -0.1) is 0 Å². The van der Waals surface area contributed by atoms with Crippen LogP contribution in [0.25, 0.3) is 5.57 Å². The first-order valence-electron chi connectivity index (χ1n) is 8.07. The third-order valence-electron chi connectivity index (χ3n) is 4.17. The molecule has 0 N–H and O–H groups in total. The Morgan fingerprint density at radius 3 is 2.14 bits per heavy atom. The van der Waals surface area contributed by atoms with E-state index in [1.54, 1.807) is 0 Å². The molecular formula is C21H24S. The lowest BCUT2D eigenvalue weighted by Gasteiger charge is -2.19. The van der Waals surface area contributed by atoms with E-state index in [-0.39, 0.29) is 5.41 Å². The average molecular weight is 308 g/mol. The van der Waals surface area contributed by atoms with Gasteiger partial charge in [0.15, 0.2) is 0 Å². The van der Waals surface area contributed by atoms with Crippen LogP contribution in [0.5, 0.6) is 0 Å². The van der Waals surface area contributed by atoms with Crippen LogP contribution in [0.1, 0.15) is 44.7 Å². The second kappa shape index (κ2) is 6.34. The average Bonchev–Trinajstić information content (AvgIpc) is 3.33. The number of hydrogen-bond donors (Lipinski definition) is 0. The Hall–Kier alpha value is -1.47. The lowest BCUT2D eigenvalue weighted by Crippen LogP contribution is -2.10.